The number of nitrogens with zero attached hydrogens (tertiary/aromatic N) is 1. The van der Waals surface area contributed by atoms with Gasteiger partial charge < -0.3 is 15.3 Å². The van der Waals surface area contributed by atoms with Gasteiger partial charge in [-0.25, -0.2) is 0 Å². The third-order valence-corrected chi connectivity index (χ3v) is 7.65. The molecule has 4 unspecified atom stereocenters. The molecule has 0 spiro atoms. The molecule has 3 rings (SSSR count). The molecule has 1 aliphatic rings. The Morgan fingerprint density at radius 2 is 1.79 bits per heavy atom. The van der Waals surface area contributed by atoms with E-state index < -0.39 is 60.7 Å². The Balaban J connectivity index is 2.08. The Bertz CT molecular complexity index is 1190. The maximum atomic E-state index is 14.1. The molecule has 2 N–H and O–H groups in total. The Morgan fingerprint density at radius 3 is 2.36 bits per heavy atom. The number of piperidine rings is 1. The molecule has 39 heavy (non-hydrogen) atoms. The summed E-state index contributed by atoms with van der Waals surface area (Å²) in [6.07, 6.45) is -6.28. The van der Waals surface area contributed by atoms with E-state index in [2.05, 4.69) is 5.32 Å². The van der Waals surface area contributed by atoms with Crippen molar-refractivity contribution in [3.05, 3.63) is 69.7 Å². The number of carbonyl (C=O) groups excluding carboxylic acids is 2. The van der Waals surface area contributed by atoms with Crippen LogP contribution in [0.5, 0.6) is 0 Å². The number of halogens is 5. The summed E-state index contributed by atoms with van der Waals surface area (Å²) in [6, 6.07) is 12.9. The van der Waals surface area contributed by atoms with Gasteiger partial charge in [0.1, 0.15) is 0 Å². The molecule has 0 aliphatic carbocycles. The average molecular weight is 587 g/mol. The lowest BCUT2D eigenvalue weighted by molar-refractivity contribution is -0.160. The zero-order chi connectivity index (χ0) is 29.0. The monoisotopic (exact) mass is 586 g/mol. The molecule has 0 radical (unpaired) electrons. The molecule has 1 heterocycles. The number of rotatable bonds is 10. The third-order valence-electron chi connectivity index (χ3n) is 7.17. The van der Waals surface area contributed by atoms with E-state index in [1.807, 2.05) is 6.07 Å². The number of alkyl halides is 3. The molecule has 11 heteroatoms. The summed E-state index contributed by atoms with van der Waals surface area (Å²) in [4.78, 5) is 39.8. The molecular weight excluding hydrogens is 556 g/mol. The summed E-state index contributed by atoms with van der Waals surface area (Å²) in [5.74, 6) is -2.69. The van der Waals surface area contributed by atoms with Gasteiger partial charge >= 0.3 is 12.1 Å². The lowest BCUT2D eigenvalue weighted by atomic mass is 9.67. The first kappa shape index (κ1) is 30.8. The van der Waals surface area contributed by atoms with Crippen molar-refractivity contribution < 1.29 is 32.7 Å². The molecule has 0 bridgehead atoms. The Labute approximate surface area is 235 Å². The number of hydrogen-bond donors (Lipinski definition) is 2. The fraction of sp³-hybridized carbons (Fsp3) is 0.464. The standard InChI is InChI=1S/C28H31Cl2F3N2O4/c1-3-21(16-34-23(36)11-12-28(31,32)33)35-25(17-7-9-19(29)10-8-17)22(18-5-4-6-20(30)13-18)14-27(2,26(35)39)15-24(37)38/h4-10,13,21-22,25H,3,11-12,14-16H2,1-2H3,(H,34,36)(H,37,38). The van der Waals surface area contributed by atoms with E-state index in [0.29, 0.717) is 16.5 Å². The number of carbonyl (C=O) groups is 3. The molecule has 1 fully saturated rings. The number of likely N-dealkylation sites (tertiary alicyclic amines) is 1. The van der Waals surface area contributed by atoms with Crippen LogP contribution in [0, 0.1) is 5.41 Å². The summed E-state index contributed by atoms with van der Waals surface area (Å²) in [7, 11) is 0. The van der Waals surface area contributed by atoms with Crippen LogP contribution in [0.3, 0.4) is 0 Å². The number of amides is 2. The van der Waals surface area contributed by atoms with Gasteiger partial charge in [0.25, 0.3) is 0 Å². The molecule has 2 aromatic carbocycles. The second kappa shape index (κ2) is 12.6. The number of hydrogen-bond acceptors (Lipinski definition) is 3. The molecule has 2 aromatic rings. The lowest BCUT2D eigenvalue weighted by Gasteiger charge is -2.52. The number of nitrogens with one attached hydrogen (secondary N) is 1. The van der Waals surface area contributed by atoms with E-state index in [-0.39, 0.29) is 18.9 Å². The zero-order valence-electron chi connectivity index (χ0n) is 21.6. The highest BCUT2D eigenvalue weighted by Gasteiger charge is 2.52. The van der Waals surface area contributed by atoms with E-state index >= 15 is 0 Å². The summed E-state index contributed by atoms with van der Waals surface area (Å²) in [5, 5.41) is 13.2. The second-order valence-electron chi connectivity index (χ2n) is 10.2. The van der Waals surface area contributed by atoms with Crippen LogP contribution in [-0.4, -0.2) is 46.6 Å². The normalized spacial score (nSPS) is 22.4. The van der Waals surface area contributed by atoms with Gasteiger partial charge in [-0.1, -0.05) is 61.3 Å². The molecular formula is C28H31Cl2F3N2O4. The minimum Gasteiger partial charge on any atom is -0.481 e. The quantitative estimate of drug-likeness (QED) is 0.321. The largest absolute Gasteiger partial charge is 0.481 e. The van der Waals surface area contributed by atoms with E-state index in [0.717, 1.165) is 11.1 Å². The second-order valence-corrected chi connectivity index (χ2v) is 11.1. The SMILES string of the molecule is CCC(CNC(=O)CCC(F)(F)F)N1C(=O)C(C)(CC(=O)O)CC(c2cccc(Cl)c2)C1c1ccc(Cl)cc1. The molecule has 1 aliphatic heterocycles. The van der Waals surface area contributed by atoms with E-state index in [1.54, 1.807) is 61.2 Å². The lowest BCUT2D eigenvalue weighted by Crippen LogP contribution is -2.58. The highest BCUT2D eigenvalue weighted by molar-refractivity contribution is 6.30. The fourth-order valence-electron chi connectivity index (χ4n) is 5.30. The molecule has 1 saturated heterocycles. The summed E-state index contributed by atoms with van der Waals surface area (Å²) < 4.78 is 37.8. The van der Waals surface area contributed by atoms with Gasteiger partial charge in [0.2, 0.25) is 11.8 Å². The topological polar surface area (TPSA) is 86.7 Å². The first-order valence-corrected chi connectivity index (χ1v) is 13.4. The van der Waals surface area contributed by atoms with Gasteiger partial charge in [0.15, 0.2) is 0 Å². The van der Waals surface area contributed by atoms with Gasteiger partial charge in [-0.3, -0.25) is 14.4 Å². The van der Waals surface area contributed by atoms with E-state index in [9.17, 15) is 32.7 Å². The average Bonchev–Trinajstić information content (AvgIpc) is 2.85. The molecule has 2 amide bonds. The summed E-state index contributed by atoms with van der Waals surface area (Å²) in [5.41, 5.74) is 0.271. The summed E-state index contributed by atoms with van der Waals surface area (Å²) in [6.45, 7) is 3.32. The highest BCUT2D eigenvalue weighted by atomic mass is 35.5. The van der Waals surface area contributed by atoms with Crippen molar-refractivity contribution in [3.8, 4) is 0 Å². The smallest absolute Gasteiger partial charge is 0.389 e. The number of aliphatic carboxylic acids is 1. The first-order chi connectivity index (χ1) is 18.2. The van der Waals surface area contributed by atoms with Crippen molar-refractivity contribution in [1.29, 1.82) is 0 Å². The Kier molecular flexibility index (Phi) is 9.93. The van der Waals surface area contributed by atoms with Crippen LogP contribution in [0.1, 0.15) is 69.0 Å². The van der Waals surface area contributed by atoms with Gasteiger partial charge in [-0.15, -0.1) is 0 Å². The minimum absolute atomic E-state index is 0.0889. The first-order valence-electron chi connectivity index (χ1n) is 12.6. The highest BCUT2D eigenvalue weighted by Crippen LogP contribution is 2.52. The fourth-order valence-corrected chi connectivity index (χ4v) is 5.62. The maximum Gasteiger partial charge on any atom is 0.389 e. The number of benzene rings is 2. The summed E-state index contributed by atoms with van der Waals surface area (Å²) >= 11 is 12.5. The maximum absolute atomic E-state index is 14.1. The van der Waals surface area contributed by atoms with Crippen molar-refractivity contribution in [1.82, 2.24) is 10.2 Å². The number of carboxylic acid groups (broad SMARTS) is 1. The van der Waals surface area contributed by atoms with Crippen molar-refractivity contribution >= 4 is 41.0 Å². The van der Waals surface area contributed by atoms with Crippen LogP contribution >= 0.6 is 23.2 Å². The van der Waals surface area contributed by atoms with Crippen molar-refractivity contribution in [3.63, 3.8) is 0 Å². The molecule has 0 saturated carbocycles. The zero-order valence-corrected chi connectivity index (χ0v) is 23.1. The van der Waals surface area contributed by atoms with Crippen molar-refractivity contribution in [2.75, 3.05) is 6.54 Å². The van der Waals surface area contributed by atoms with Gasteiger partial charge in [0, 0.05) is 35.0 Å². The number of carboxylic acids is 1. The van der Waals surface area contributed by atoms with Crippen LogP contribution in [0.4, 0.5) is 13.2 Å². The van der Waals surface area contributed by atoms with Crippen LogP contribution < -0.4 is 5.32 Å². The van der Waals surface area contributed by atoms with Crippen molar-refractivity contribution in [2.45, 2.75) is 70.1 Å². The predicted octanol–water partition coefficient (Wildman–Crippen LogP) is 6.77. The van der Waals surface area contributed by atoms with Crippen LogP contribution in [-0.2, 0) is 14.4 Å². The van der Waals surface area contributed by atoms with E-state index in [1.165, 1.54) is 0 Å². The van der Waals surface area contributed by atoms with Crippen LogP contribution in [0.25, 0.3) is 0 Å². The Hall–Kier alpha value is -2.78. The third kappa shape index (κ3) is 7.88. The Morgan fingerprint density at radius 1 is 1.13 bits per heavy atom. The minimum atomic E-state index is -4.47. The van der Waals surface area contributed by atoms with Crippen LogP contribution in [0.2, 0.25) is 10.0 Å². The molecule has 4 atom stereocenters. The molecule has 6 nitrogen and oxygen atoms in total. The van der Waals surface area contributed by atoms with E-state index in [4.69, 9.17) is 23.2 Å². The predicted molar refractivity (Wildman–Crippen MR) is 143 cm³/mol. The van der Waals surface area contributed by atoms with Gasteiger partial charge in [-0.05, 0) is 48.2 Å². The van der Waals surface area contributed by atoms with Crippen LogP contribution in [0.15, 0.2) is 48.5 Å². The molecule has 212 valence electrons. The molecule has 0 aromatic heterocycles. The van der Waals surface area contributed by atoms with Gasteiger partial charge in [-0.2, -0.15) is 13.2 Å². The van der Waals surface area contributed by atoms with Crippen molar-refractivity contribution in [2.24, 2.45) is 5.41 Å². The van der Waals surface area contributed by atoms with Gasteiger partial charge in [0.05, 0.1) is 24.3 Å².